The van der Waals surface area contributed by atoms with E-state index in [1.54, 1.807) is 6.20 Å². The lowest BCUT2D eigenvalue weighted by atomic mass is 10.1. The van der Waals surface area contributed by atoms with Crippen molar-refractivity contribution in [1.29, 1.82) is 0 Å². The van der Waals surface area contributed by atoms with E-state index in [9.17, 15) is 4.79 Å². The van der Waals surface area contributed by atoms with Gasteiger partial charge in [-0.25, -0.2) is 9.78 Å². The van der Waals surface area contributed by atoms with Gasteiger partial charge in [0.15, 0.2) is 0 Å². The van der Waals surface area contributed by atoms with Crippen LogP contribution in [0.1, 0.15) is 42.9 Å². The quantitative estimate of drug-likeness (QED) is 0.895. The molecule has 0 aliphatic carbocycles. The Morgan fingerprint density at radius 1 is 1.28 bits per heavy atom. The number of rotatable bonds is 4. The third-order valence-electron chi connectivity index (χ3n) is 4.53. The number of carbonyl (C=O) groups excluding carboxylic acids is 1. The van der Waals surface area contributed by atoms with Crippen LogP contribution in [0, 0.1) is 13.8 Å². The van der Waals surface area contributed by atoms with Gasteiger partial charge >= 0.3 is 6.03 Å². The van der Waals surface area contributed by atoms with E-state index in [1.807, 2.05) is 30.9 Å². The number of benzene rings is 1. The van der Waals surface area contributed by atoms with Gasteiger partial charge < -0.3 is 19.9 Å². The zero-order valence-corrected chi connectivity index (χ0v) is 15.1. The van der Waals surface area contributed by atoms with Crippen LogP contribution in [0.5, 0.6) is 5.75 Å². The number of piperidine rings is 1. The highest BCUT2D eigenvalue weighted by molar-refractivity contribution is 5.74. The minimum Gasteiger partial charge on any atom is -0.490 e. The summed E-state index contributed by atoms with van der Waals surface area (Å²) in [7, 11) is 0. The van der Waals surface area contributed by atoms with E-state index < -0.39 is 0 Å². The molecule has 1 aliphatic heterocycles. The fraction of sp³-hybridized carbons (Fsp3) is 0.474. The van der Waals surface area contributed by atoms with Crippen molar-refractivity contribution in [3.63, 3.8) is 0 Å². The largest absolute Gasteiger partial charge is 0.490 e. The fourth-order valence-electron chi connectivity index (χ4n) is 2.98. The van der Waals surface area contributed by atoms with Crippen molar-refractivity contribution in [3.8, 4) is 5.75 Å². The first-order chi connectivity index (χ1) is 12.0. The van der Waals surface area contributed by atoms with Gasteiger partial charge in [0.25, 0.3) is 0 Å². The molecule has 25 heavy (non-hydrogen) atoms. The molecule has 2 amide bonds. The molecule has 3 rings (SSSR count). The number of aromatic nitrogens is 2. The smallest absolute Gasteiger partial charge is 0.317 e. The number of H-pyrrole nitrogens is 1. The summed E-state index contributed by atoms with van der Waals surface area (Å²) >= 11 is 0. The molecule has 2 aromatic rings. The molecule has 134 valence electrons. The number of amides is 2. The number of nitrogens with zero attached hydrogens (tertiary/aromatic N) is 2. The van der Waals surface area contributed by atoms with Gasteiger partial charge in [-0.15, -0.1) is 0 Å². The molecule has 1 aromatic carbocycles. The monoisotopic (exact) mass is 342 g/mol. The summed E-state index contributed by atoms with van der Waals surface area (Å²) in [5, 5.41) is 3.00. The number of urea groups is 1. The van der Waals surface area contributed by atoms with Gasteiger partial charge in [0.1, 0.15) is 17.7 Å². The maximum atomic E-state index is 12.4. The Balaban J connectivity index is 1.46. The van der Waals surface area contributed by atoms with E-state index >= 15 is 0 Å². The molecule has 0 saturated carbocycles. The second kappa shape index (κ2) is 7.59. The molecule has 1 aromatic heterocycles. The van der Waals surface area contributed by atoms with Crippen LogP contribution < -0.4 is 10.1 Å². The van der Waals surface area contributed by atoms with Crippen molar-refractivity contribution < 1.29 is 9.53 Å². The average Bonchev–Trinajstić information content (AvgIpc) is 3.04. The lowest BCUT2D eigenvalue weighted by molar-refractivity contribution is 0.110. The van der Waals surface area contributed by atoms with Crippen LogP contribution in [0.15, 0.2) is 30.5 Å². The molecule has 2 N–H and O–H groups in total. The number of hydrogen-bond acceptors (Lipinski definition) is 3. The predicted molar refractivity (Wildman–Crippen MR) is 96.7 cm³/mol. The summed E-state index contributed by atoms with van der Waals surface area (Å²) in [5.74, 6) is 1.68. The van der Waals surface area contributed by atoms with Crippen molar-refractivity contribution in [3.05, 3.63) is 47.5 Å². The van der Waals surface area contributed by atoms with Gasteiger partial charge in [-0.3, -0.25) is 0 Å². The Morgan fingerprint density at radius 2 is 1.96 bits per heavy atom. The number of aryl methyl sites for hydroxylation is 2. The van der Waals surface area contributed by atoms with Gasteiger partial charge in [-0.05, 0) is 32.9 Å². The summed E-state index contributed by atoms with van der Waals surface area (Å²) in [6.07, 6.45) is 3.62. The summed E-state index contributed by atoms with van der Waals surface area (Å²) < 4.78 is 6.02. The molecule has 1 aliphatic rings. The highest BCUT2D eigenvalue weighted by Crippen LogP contribution is 2.20. The van der Waals surface area contributed by atoms with Crippen LogP contribution in [0.3, 0.4) is 0 Å². The molecule has 6 heteroatoms. The average molecular weight is 342 g/mol. The minimum absolute atomic E-state index is 0.0460. The lowest BCUT2D eigenvalue weighted by Gasteiger charge is -2.32. The highest BCUT2D eigenvalue weighted by Gasteiger charge is 2.25. The van der Waals surface area contributed by atoms with Crippen LogP contribution in [0.2, 0.25) is 0 Å². The van der Waals surface area contributed by atoms with E-state index in [-0.39, 0.29) is 18.2 Å². The van der Waals surface area contributed by atoms with Gasteiger partial charge in [0.05, 0.1) is 6.04 Å². The number of ether oxygens (including phenoxy) is 1. The van der Waals surface area contributed by atoms with Crippen LogP contribution in [0.25, 0.3) is 0 Å². The summed E-state index contributed by atoms with van der Waals surface area (Å²) in [5.41, 5.74) is 2.21. The number of nitrogens with one attached hydrogen (secondary N) is 2. The fourth-order valence-corrected chi connectivity index (χ4v) is 2.98. The summed E-state index contributed by atoms with van der Waals surface area (Å²) in [4.78, 5) is 21.7. The van der Waals surface area contributed by atoms with Crippen molar-refractivity contribution in [2.24, 2.45) is 0 Å². The Bertz CT molecular complexity index is 702. The maximum Gasteiger partial charge on any atom is 0.317 e. The molecule has 1 fully saturated rings. The molecular weight excluding hydrogens is 316 g/mol. The van der Waals surface area contributed by atoms with Crippen LogP contribution in [-0.4, -0.2) is 40.1 Å². The van der Waals surface area contributed by atoms with Gasteiger partial charge in [-0.2, -0.15) is 0 Å². The molecular formula is C19H26N4O2. The number of imidazole rings is 1. The topological polar surface area (TPSA) is 70.2 Å². The van der Waals surface area contributed by atoms with E-state index in [0.717, 1.165) is 30.1 Å². The van der Waals surface area contributed by atoms with Crippen LogP contribution in [0.4, 0.5) is 4.79 Å². The van der Waals surface area contributed by atoms with Crippen LogP contribution >= 0.6 is 0 Å². The molecule has 1 atom stereocenters. The minimum atomic E-state index is -0.136. The first-order valence-electron chi connectivity index (χ1n) is 8.81. The Kier molecular flexibility index (Phi) is 5.26. The third-order valence-corrected chi connectivity index (χ3v) is 4.53. The first-order valence-corrected chi connectivity index (χ1v) is 8.81. The van der Waals surface area contributed by atoms with E-state index in [1.165, 1.54) is 5.56 Å². The maximum absolute atomic E-state index is 12.4. The standard InChI is InChI=1S/C19H26N4O2/c1-13-4-6-16(7-5-13)25-17-8-10-23(11-9-17)19(24)22-15(3)18-20-12-14(2)21-18/h4-7,12,15,17H,8-11H2,1-3H3,(H,20,21)(H,22,24). The zero-order chi connectivity index (χ0) is 17.8. The van der Waals surface area contributed by atoms with Gasteiger partial charge in [0, 0.05) is 37.8 Å². The predicted octanol–water partition coefficient (Wildman–Crippen LogP) is 3.34. The zero-order valence-electron chi connectivity index (χ0n) is 15.1. The van der Waals surface area contributed by atoms with Crippen LogP contribution in [-0.2, 0) is 0 Å². The van der Waals surface area contributed by atoms with Crippen molar-refractivity contribution >= 4 is 6.03 Å². The summed E-state index contributed by atoms with van der Waals surface area (Å²) in [6.45, 7) is 7.34. The molecule has 2 heterocycles. The Hall–Kier alpha value is -2.50. The first kappa shape index (κ1) is 17.3. The van der Waals surface area contributed by atoms with E-state index in [0.29, 0.717) is 13.1 Å². The van der Waals surface area contributed by atoms with E-state index in [2.05, 4.69) is 34.3 Å². The Morgan fingerprint density at radius 3 is 2.56 bits per heavy atom. The number of hydrogen-bond donors (Lipinski definition) is 2. The second-order valence-corrected chi connectivity index (χ2v) is 6.74. The molecule has 6 nitrogen and oxygen atoms in total. The van der Waals surface area contributed by atoms with Crippen molar-refractivity contribution in [2.75, 3.05) is 13.1 Å². The molecule has 0 radical (unpaired) electrons. The van der Waals surface area contributed by atoms with Crippen molar-refractivity contribution in [2.45, 2.75) is 45.8 Å². The highest BCUT2D eigenvalue weighted by atomic mass is 16.5. The second-order valence-electron chi connectivity index (χ2n) is 6.74. The normalized spacial score (nSPS) is 16.5. The summed E-state index contributed by atoms with van der Waals surface area (Å²) in [6, 6.07) is 7.92. The van der Waals surface area contributed by atoms with E-state index in [4.69, 9.17) is 4.74 Å². The number of aromatic amines is 1. The number of likely N-dealkylation sites (tertiary alicyclic amines) is 1. The lowest BCUT2D eigenvalue weighted by Crippen LogP contribution is -2.47. The van der Waals surface area contributed by atoms with Crippen molar-refractivity contribution in [1.82, 2.24) is 20.2 Å². The molecule has 0 spiro atoms. The van der Waals surface area contributed by atoms with Gasteiger partial charge in [-0.1, -0.05) is 17.7 Å². The third kappa shape index (κ3) is 4.53. The SMILES string of the molecule is Cc1ccc(OC2CCN(C(=O)NC(C)c3ncc(C)[nH]3)CC2)cc1. The Labute approximate surface area is 148 Å². The molecule has 1 unspecified atom stereocenters. The van der Waals surface area contributed by atoms with Gasteiger partial charge in [0.2, 0.25) is 0 Å². The molecule has 0 bridgehead atoms. The molecule has 1 saturated heterocycles. The number of carbonyl (C=O) groups is 1.